The summed E-state index contributed by atoms with van der Waals surface area (Å²) in [6.07, 6.45) is 0.734. The number of nitrogens with one attached hydrogen (secondary N) is 1. The van der Waals surface area contributed by atoms with E-state index in [4.69, 9.17) is 27.9 Å². The Bertz CT molecular complexity index is 426. The molecule has 1 N–H and O–H groups in total. The Morgan fingerprint density at radius 3 is 2.40 bits per heavy atom. The average molecular weight is 318 g/mol. The Balaban J connectivity index is 2.47. The minimum atomic E-state index is -0.148. The SMILES string of the molecule is CC(C)(C)C(CCCl)NC(=O)COc1ccc(Cl)cc1. The summed E-state index contributed by atoms with van der Waals surface area (Å²) in [7, 11) is 0. The van der Waals surface area contributed by atoms with E-state index in [1.54, 1.807) is 24.3 Å². The minimum absolute atomic E-state index is 0.0174. The molecule has 0 bridgehead atoms. The zero-order valence-corrected chi connectivity index (χ0v) is 13.6. The van der Waals surface area contributed by atoms with Crippen LogP contribution < -0.4 is 10.1 Å². The molecule has 0 fully saturated rings. The van der Waals surface area contributed by atoms with Crippen LogP contribution in [0.5, 0.6) is 5.75 Å². The molecular weight excluding hydrogens is 297 g/mol. The van der Waals surface area contributed by atoms with E-state index in [0.717, 1.165) is 6.42 Å². The van der Waals surface area contributed by atoms with Gasteiger partial charge in [-0.25, -0.2) is 0 Å². The molecule has 112 valence electrons. The lowest BCUT2D eigenvalue weighted by Crippen LogP contribution is -2.45. The van der Waals surface area contributed by atoms with Crippen LogP contribution in [0.15, 0.2) is 24.3 Å². The third kappa shape index (κ3) is 6.02. The molecule has 0 spiro atoms. The van der Waals surface area contributed by atoms with Crippen LogP contribution in [0.3, 0.4) is 0 Å². The predicted octanol–water partition coefficient (Wildman–Crippen LogP) is 3.88. The van der Waals surface area contributed by atoms with Crippen molar-refractivity contribution in [2.45, 2.75) is 33.2 Å². The lowest BCUT2D eigenvalue weighted by molar-refractivity contribution is -0.124. The fraction of sp³-hybridized carbons (Fsp3) is 0.533. The molecule has 0 aliphatic heterocycles. The number of halogens is 2. The third-order valence-corrected chi connectivity index (χ3v) is 3.43. The van der Waals surface area contributed by atoms with Gasteiger partial charge < -0.3 is 10.1 Å². The molecule has 1 amide bonds. The van der Waals surface area contributed by atoms with Crippen LogP contribution in [0.2, 0.25) is 5.02 Å². The second-order valence-corrected chi connectivity index (χ2v) is 6.52. The molecule has 0 saturated carbocycles. The van der Waals surface area contributed by atoms with Gasteiger partial charge in [-0.1, -0.05) is 32.4 Å². The van der Waals surface area contributed by atoms with E-state index < -0.39 is 0 Å². The van der Waals surface area contributed by atoms with Gasteiger partial charge in [-0.05, 0) is 36.1 Å². The minimum Gasteiger partial charge on any atom is -0.484 e. The summed E-state index contributed by atoms with van der Waals surface area (Å²) in [6.45, 7) is 6.20. The van der Waals surface area contributed by atoms with Gasteiger partial charge >= 0.3 is 0 Å². The van der Waals surface area contributed by atoms with Gasteiger partial charge in [0, 0.05) is 16.9 Å². The maximum atomic E-state index is 11.9. The summed E-state index contributed by atoms with van der Waals surface area (Å²) in [5.41, 5.74) is -0.0369. The highest BCUT2D eigenvalue weighted by Crippen LogP contribution is 2.22. The van der Waals surface area contributed by atoms with Crippen molar-refractivity contribution in [2.24, 2.45) is 5.41 Å². The molecule has 0 aliphatic carbocycles. The molecule has 3 nitrogen and oxygen atoms in total. The zero-order valence-electron chi connectivity index (χ0n) is 12.1. The normalized spacial score (nSPS) is 12.8. The number of carbonyl (C=O) groups excluding carboxylic acids is 1. The summed E-state index contributed by atoms with van der Waals surface area (Å²) < 4.78 is 5.41. The first kappa shape index (κ1) is 17.1. The molecule has 0 saturated heterocycles. The smallest absolute Gasteiger partial charge is 0.258 e. The number of alkyl halides is 1. The summed E-state index contributed by atoms with van der Waals surface area (Å²) in [6, 6.07) is 6.94. The number of rotatable bonds is 6. The van der Waals surface area contributed by atoms with Crippen molar-refractivity contribution in [2.75, 3.05) is 12.5 Å². The van der Waals surface area contributed by atoms with Crippen molar-refractivity contribution >= 4 is 29.1 Å². The summed E-state index contributed by atoms with van der Waals surface area (Å²) in [5.74, 6) is 0.986. The van der Waals surface area contributed by atoms with Crippen molar-refractivity contribution in [3.05, 3.63) is 29.3 Å². The van der Waals surface area contributed by atoms with E-state index in [0.29, 0.717) is 16.7 Å². The lowest BCUT2D eigenvalue weighted by Gasteiger charge is -2.31. The molecule has 0 aromatic heterocycles. The van der Waals surface area contributed by atoms with Crippen molar-refractivity contribution in [1.29, 1.82) is 0 Å². The first-order chi connectivity index (χ1) is 9.32. The summed E-state index contributed by atoms with van der Waals surface area (Å²) >= 11 is 11.6. The molecule has 1 aromatic rings. The van der Waals surface area contributed by atoms with Crippen LogP contribution in [0.1, 0.15) is 27.2 Å². The maximum Gasteiger partial charge on any atom is 0.258 e. The Morgan fingerprint density at radius 2 is 1.90 bits per heavy atom. The van der Waals surface area contributed by atoms with Crippen molar-refractivity contribution in [1.82, 2.24) is 5.32 Å². The van der Waals surface area contributed by atoms with Crippen LogP contribution in [0.25, 0.3) is 0 Å². The number of ether oxygens (including phenoxy) is 1. The highest BCUT2D eigenvalue weighted by molar-refractivity contribution is 6.30. The fourth-order valence-electron chi connectivity index (χ4n) is 1.75. The molecule has 0 aliphatic rings. The van der Waals surface area contributed by atoms with Crippen LogP contribution in [-0.4, -0.2) is 24.4 Å². The van der Waals surface area contributed by atoms with Crippen molar-refractivity contribution in [3.8, 4) is 5.75 Å². The van der Waals surface area contributed by atoms with Gasteiger partial charge in [-0.2, -0.15) is 0 Å². The quantitative estimate of drug-likeness (QED) is 0.809. The molecule has 5 heteroatoms. The number of benzene rings is 1. The van der Waals surface area contributed by atoms with E-state index in [1.807, 2.05) is 0 Å². The van der Waals surface area contributed by atoms with Crippen molar-refractivity contribution < 1.29 is 9.53 Å². The second kappa shape index (κ2) is 7.75. The molecule has 1 aromatic carbocycles. The molecule has 20 heavy (non-hydrogen) atoms. The first-order valence-electron chi connectivity index (χ1n) is 6.56. The third-order valence-electron chi connectivity index (χ3n) is 2.96. The van der Waals surface area contributed by atoms with Crippen LogP contribution in [-0.2, 0) is 4.79 Å². The number of hydrogen-bond donors (Lipinski definition) is 1. The lowest BCUT2D eigenvalue weighted by atomic mass is 9.85. The van der Waals surface area contributed by atoms with E-state index in [-0.39, 0.29) is 24.0 Å². The standard InChI is InChI=1S/C15H21Cl2NO2/c1-15(2,3)13(8-9-16)18-14(19)10-20-12-6-4-11(17)5-7-12/h4-7,13H,8-10H2,1-3H3,(H,18,19). The van der Waals surface area contributed by atoms with Crippen LogP contribution >= 0.6 is 23.2 Å². The Morgan fingerprint density at radius 1 is 1.30 bits per heavy atom. The van der Waals surface area contributed by atoms with Crippen LogP contribution in [0, 0.1) is 5.41 Å². The van der Waals surface area contributed by atoms with E-state index >= 15 is 0 Å². The summed E-state index contributed by atoms with van der Waals surface area (Å²) in [5, 5.41) is 3.60. The zero-order chi connectivity index (χ0) is 15.2. The summed E-state index contributed by atoms with van der Waals surface area (Å²) in [4.78, 5) is 11.9. The molecule has 0 radical (unpaired) electrons. The predicted molar refractivity (Wildman–Crippen MR) is 83.7 cm³/mol. The fourth-order valence-corrected chi connectivity index (χ4v) is 2.09. The van der Waals surface area contributed by atoms with E-state index in [2.05, 4.69) is 26.1 Å². The van der Waals surface area contributed by atoms with Gasteiger partial charge in [-0.15, -0.1) is 11.6 Å². The Kier molecular flexibility index (Phi) is 6.63. The molecule has 0 heterocycles. The molecule has 1 atom stereocenters. The molecule has 1 rings (SSSR count). The largest absolute Gasteiger partial charge is 0.484 e. The first-order valence-corrected chi connectivity index (χ1v) is 7.48. The van der Waals surface area contributed by atoms with Gasteiger partial charge in [0.05, 0.1) is 0 Å². The molecular formula is C15H21Cl2NO2. The number of amides is 1. The molecule has 1 unspecified atom stereocenters. The van der Waals surface area contributed by atoms with Gasteiger partial charge in [0.1, 0.15) is 5.75 Å². The highest BCUT2D eigenvalue weighted by Gasteiger charge is 2.25. The monoisotopic (exact) mass is 317 g/mol. The second-order valence-electron chi connectivity index (χ2n) is 5.71. The van der Waals surface area contributed by atoms with Gasteiger partial charge in [-0.3, -0.25) is 4.79 Å². The average Bonchev–Trinajstić information content (AvgIpc) is 2.36. The van der Waals surface area contributed by atoms with E-state index in [1.165, 1.54) is 0 Å². The van der Waals surface area contributed by atoms with Crippen LogP contribution in [0.4, 0.5) is 0 Å². The van der Waals surface area contributed by atoms with E-state index in [9.17, 15) is 4.79 Å². The van der Waals surface area contributed by atoms with Gasteiger partial charge in [0.25, 0.3) is 5.91 Å². The van der Waals surface area contributed by atoms with Gasteiger partial charge in [0.2, 0.25) is 0 Å². The van der Waals surface area contributed by atoms with Gasteiger partial charge in [0.15, 0.2) is 6.61 Å². The highest BCUT2D eigenvalue weighted by atomic mass is 35.5. The Hall–Kier alpha value is -0.930. The topological polar surface area (TPSA) is 38.3 Å². The van der Waals surface area contributed by atoms with Crippen molar-refractivity contribution in [3.63, 3.8) is 0 Å². The number of carbonyl (C=O) groups is 1. The number of hydrogen-bond acceptors (Lipinski definition) is 2. The maximum absolute atomic E-state index is 11.9. The Labute approximate surface area is 130 Å².